The Morgan fingerprint density at radius 3 is 2.09 bits per heavy atom. The summed E-state index contributed by atoms with van der Waals surface area (Å²) in [6.45, 7) is 7.62. The predicted molar refractivity (Wildman–Crippen MR) is 181 cm³/mol. The molecule has 0 radical (unpaired) electrons. The number of hydrogen-bond acceptors (Lipinski definition) is 6. The number of para-hydroxylation sites is 1. The van der Waals surface area contributed by atoms with Crippen LogP contribution >= 0.6 is 0 Å². The van der Waals surface area contributed by atoms with Crippen LogP contribution in [0, 0.1) is 19.8 Å². The maximum Gasteiger partial charge on any atom is 0.320 e. The van der Waals surface area contributed by atoms with Gasteiger partial charge in [0.1, 0.15) is 18.0 Å². The van der Waals surface area contributed by atoms with Crippen LogP contribution in [0.4, 0.5) is 4.79 Å². The minimum absolute atomic E-state index is 0.145. The molecule has 4 amide bonds. The van der Waals surface area contributed by atoms with Crippen molar-refractivity contribution in [1.29, 1.82) is 0 Å². The van der Waals surface area contributed by atoms with Crippen molar-refractivity contribution in [3.63, 3.8) is 0 Å². The van der Waals surface area contributed by atoms with Crippen LogP contribution in [0.1, 0.15) is 48.9 Å². The van der Waals surface area contributed by atoms with Crippen molar-refractivity contribution in [3.8, 4) is 5.75 Å². The normalized spacial score (nSPS) is 17.3. The van der Waals surface area contributed by atoms with Gasteiger partial charge in [-0.1, -0.05) is 92.7 Å². The van der Waals surface area contributed by atoms with Gasteiger partial charge in [-0.25, -0.2) is 4.79 Å². The molecule has 1 fully saturated rings. The minimum atomic E-state index is -1.03. The number of aliphatic hydroxyl groups is 2. The van der Waals surface area contributed by atoms with Crippen molar-refractivity contribution in [3.05, 3.63) is 101 Å². The summed E-state index contributed by atoms with van der Waals surface area (Å²) in [5, 5.41) is 30.2. The monoisotopic (exact) mass is 644 g/mol. The van der Waals surface area contributed by atoms with Gasteiger partial charge in [0.05, 0.1) is 12.1 Å². The summed E-state index contributed by atoms with van der Waals surface area (Å²) in [5.74, 6) is -0.259. The number of amides is 4. The van der Waals surface area contributed by atoms with E-state index in [-0.39, 0.29) is 37.3 Å². The van der Waals surface area contributed by atoms with Gasteiger partial charge >= 0.3 is 6.03 Å². The Balaban J connectivity index is 1.52. The summed E-state index contributed by atoms with van der Waals surface area (Å²) < 4.78 is 5.89. The lowest BCUT2D eigenvalue weighted by molar-refractivity contribution is -0.129. The van der Waals surface area contributed by atoms with E-state index in [4.69, 9.17) is 4.74 Å². The van der Waals surface area contributed by atoms with Gasteiger partial charge in [-0.2, -0.15) is 0 Å². The molecule has 1 saturated heterocycles. The van der Waals surface area contributed by atoms with E-state index in [1.54, 1.807) is 0 Å². The quantitative estimate of drug-likeness (QED) is 0.171. The Kier molecular flexibility index (Phi) is 12.8. The summed E-state index contributed by atoms with van der Waals surface area (Å²) in [7, 11) is 0. The summed E-state index contributed by atoms with van der Waals surface area (Å²) >= 11 is 0. The number of carbonyl (C=O) groups is 3. The van der Waals surface area contributed by atoms with E-state index in [1.165, 1.54) is 4.90 Å². The number of nitrogens with zero attached hydrogens (tertiary/aromatic N) is 1. The number of carbonyl (C=O) groups excluding carboxylic acids is 3. The molecule has 3 aromatic carbocycles. The van der Waals surface area contributed by atoms with Gasteiger partial charge in [0, 0.05) is 19.0 Å². The second-order valence-electron chi connectivity index (χ2n) is 12.7. The zero-order valence-corrected chi connectivity index (χ0v) is 27.7. The molecule has 0 aliphatic carbocycles. The number of nitrogens with one attached hydrogen (secondary N) is 3. The summed E-state index contributed by atoms with van der Waals surface area (Å²) in [6.07, 6.45) is -0.721. The van der Waals surface area contributed by atoms with Gasteiger partial charge < -0.3 is 35.8 Å². The highest BCUT2D eigenvalue weighted by Crippen LogP contribution is 2.22. The molecule has 1 unspecified atom stereocenters. The first kappa shape index (κ1) is 35.4. The lowest BCUT2D eigenvalue weighted by Gasteiger charge is -2.38. The fourth-order valence-electron chi connectivity index (χ4n) is 6.13. The number of urea groups is 1. The molecule has 5 atom stereocenters. The smallest absolute Gasteiger partial charge is 0.320 e. The van der Waals surface area contributed by atoms with Gasteiger partial charge in [-0.3, -0.25) is 9.59 Å². The number of benzene rings is 3. The molecule has 47 heavy (non-hydrogen) atoms. The molecule has 0 spiro atoms. The first-order chi connectivity index (χ1) is 22.5. The van der Waals surface area contributed by atoms with Crippen LogP contribution in [0.15, 0.2) is 78.9 Å². The van der Waals surface area contributed by atoms with Crippen molar-refractivity contribution in [2.24, 2.45) is 5.92 Å². The van der Waals surface area contributed by atoms with Crippen molar-refractivity contribution in [1.82, 2.24) is 20.9 Å². The number of ether oxygens (including phenoxy) is 1. The molecule has 5 N–H and O–H groups in total. The van der Waals surface area contributed by atoms with Crippen LogP contribution < -0.4 is 20.7 Å². The first-order valence-electron chi connectivity index (χ1n) is 16.3. The fourth-order valence-corrected chi connectivity index (χ4v) is 6.13. The third kappa shape index (κ3) is 10.3. The van der Waals surface area contributed by atoms with E-state index in [2.05, 4.69) is 16.0 Å². The van der Waals surface area contributed by atoms with Crippen LogP contribution in [0.25, 0.3) is 0 Å². The maximum absolute atomic E-state index is 13.8. The van der Waals surface area contributed by atoms with Crippen molar-refractivity contribution in [2.45, 2.75) is 83.8 Å². The van der Waals surface area contributed by atoms with Crippen LogP contribution in [0.3, 0.4) is 0 Å². The second kappa shape index (κ2) is 16.9. The predicted octanol–water partition coefficient (Wildman–Crippen LogP) is 3.65. The molecule has 252 valence electrons. The Morgan fingerprint density at radius 1 is 0.915 bits per heavy atom. The SMILES string of the molecule is Cc1cccc(C)c1OCC(=O)N[C@@H](Cc1ccccc1)[C@@H](O)C[C@H](Cc1ccccc1)NC(=O)[C@H](C(C)C)N1CCC(O)NC1=O. The zero-order valence-electron chi connectivity index (χ0n) is 27.7. The number of rotatable bonds is 15. The standard InChI is InChI=1S/C37H48N4O6/c1-24(2)34(41-19-18-32(43)40-37(41)46)36(45)38-29(20-27-14-7-5-8-15-27)22-31(42)30(21-28-16-9-6-10-17-28)39-33(44)23-47-35-25(3)12-11-13-26(35)4/h5-17,24,29-32,34,42-43H,18-23H2,1-4H3,(H,38,45)(H,39,44)(H,40,46)/t29-,30-,31-,32?,34-/m0/s1. The van der Waals surface area contributed by atoms with E-state index in [9.17, 15) is 24.6 Å². The van der Waals surface area contributed by atoms with Crippen molar-refractivity contribution in [2.75, 3.05) is 13.2 Å². The van der Waals surface area contributed by atoms with Crippen LogP contribution in [0.5, 0.6) is 5.75 Å². The largest absolute Gasteiger partial charge is 0.483 e. The Hall–Kier alpha value is -4.41. The van der Waals surface area contributed by atoms with Gasteiger partial charge in [0.15, 0.2) is 6.61 Å². The van der Waals surface area contributed by atoms with Crippen LogP contribution in [0.2, 0.25) is 0 Å². The third-order valence-corrected chi connectivity index (χ3v) is 8.49. The highest BCUT2D eigenvalue weighted by atomic mass is 16.5. The molecule has 1 aliphatic rings. The molecule has 0 saturated carbocycles. The molecule has 1 aliphatic heterocycles. The van der Waals surface area contributed by atoms with E-state index in [0.29, 0.717) is 25.0 Å². The zero-order chi connectivity index (χ0) is 33.9. The van der Waals surface area contributed by atoms with Gasteiger partial charge in [0.2, 0.25) is 5.91 Å². The highest BCUT2D eigenvalue weighted by Gasteiger charge is 2.37. The van der Waals surface area contributed by atoms with E-state index in [1.807, 2.05) is 107 Å². The van der Waals surface area contributed by atoms with E-state index in [0.717, 1.165) is 22.3 Å². The Bertz CT molecular complexity index is 1450. The number of aliphatic hydroxyl groups excluding tert-OH is 2. The average Bonchev–Trinajstić information content (AvgIpc) is 3.02. The third-order valence-electron chi connectivity index (χ3n) is 8.49. The van der Waals surface area contributed by atoms with Gasteiger partial charge in [-0.15, -0.1) is 0 Å². The second-order valence-corrected chi connectivity index (χ2v) is 12.7. The first-order valence-corrected chi connectivity index (χ1v) is 16.3. The molecule has 0 bridgehead atoms. The van der Waals surface area contributed by atoms with E-state index < -0.39 is 36.5 Å². The van der Waals surface area contributed by atoms with Gasteiger partial charge in [0.25, 0.3) is 5.91 Å². The number of aryl methyl sites for hydroxylation is 2. The minimum Gasteiger partial charge on any atom is -0.483 e. The molecular weight excluding hydrogens is 596 g/mol. The van der Waals surface area contributed by atoms with Crippen LogP contribution in [-0.4, -0.2) is 76.6 Å². The molecule has 4 rings (SSSR count). The Labute approximate surface area is 277 Å². The van der Waals surface area contributed by atoms with Crippen LogP contribution in [-0.2, 0) is 22.4 Å². The summed E-state index contributed by atoms with van der Waals surface area (Å²) in [5.41, 5.74) is 3.76. The summed E-state index contributed by atoms with van der Waals surface area (Å²) in [4.78, 5) is 41.3. The lowest BCUT2D eigenvalue weighted by Crippen LogP contribution is -2.61. The number of hydrogen-bond donors (Lipinski definition) is 5. The topological polar surface area (TPSA) is 140 Å². The summed E-state index contributed by atoms with van der Waals surface area (Å²) in [6, 6.07) is 22.6. The average molecular weight is 645 g/mol. The molecule has 10 nitrogen and oxygen atoms in total. The van der Waals surface area contributed by atoms with Crippen molar-refractivity contribution >= 4 is 17.8 Å². The molecular formula is C37H48N4O6. The molecule has 1 heterocycles. The van der Waals surface area contributed by atoms with E-state index >= 15 is 0 Å². The fraction of sp³-hybridized carbons (Fsp3) is 0.432. The maximum atomic E-state index is 13.8. The van der Waals surface area contributed by atoms with Gasteiger partial charge in [-0.05, 0) is 61.3 Å². The lowest BCUT2D eigenvalue weighted by atomic mass is 9.92. The molecule has 3 aromatic rings. The van der Waals surface area contributed by atoms with Crippen molar-refractivity contribution < 1.29 is 29.3 Å². The molecule has 0 aromatic heterocycles. The Morgan fingerprint density at radius 2 is 1.51 bits per heavy atom. The molecule has 10 heteroatoms. The highest BCUT2D eigenvalue weighted by molar-refractivity contribution is 5.88.